The normalized spacial score (nSPS) is 10.2. The summed E-state index contributed by atoms with van der Waals surface area (Å²) in [6.45, 7) is 0. The van der Waals surface area contributed by atoms with Crippen LogP contribution in [0, 0.1) is 11.3 Å². The van der Waals surface area contributed by atoms with E-state index in [1.807, 2.05) is 85.1 Å². The Kier molecular flexibility index (Phi) is 15.1. The van der Waals surface area contributed by atoms with Gasteiger partial charge in [-0.25, -0.2) is 0 Å². The highest BCUT2D eigenvalue weighted by Gasteiger charge is 2.02. The lowest BCUT2D eigenvalue weighted by Gasteiger charge is -2.09. The van der Waals surface area contributed by atoms with Crippen LogP contribution in [0.5, 0.6) is 34.5 Å². The molecule has 55 heavy (non-hydrogen) atoms. The Morgan fingerprint density at radius 3 is 1.49 bits per heavy atom. The molecule has 0 spiro atoms. The van der Waals surface area contributed by atoms with Crippen LogP contribution in [-0.2, 0) is 12.4 Å². The summed E-state index contributed by atoms with van der Waals surface area (Å²) in [5.41, 5.74) is 8.12. The first-order valence-electron chi connectivity index (χ1n) is 16.4. The summed E-state index contributed by atoms with van der Waals surface area (Å²) < 4.78 is 20.5. The summed E-state index contributed by atoms with van der Waals surface area (Å²) in [6.07, 6.45) is 13.5. The lowest BCUT2D eigenvalue weighted by atomic mass is 10.3. The Morgan fingerprint density at radius 2 is 1.11 bits per heavy atom. The molecular weight excluding hydrogens is 733 g/mol. The first-order chi connectivity index (χ1) is 27.0. The largest absolute Gasteiger partial charge is 0.457 e. The van der Waals surface area contributed by atoms with Gasteiger partial charge in [-0.3, -0.25) is 20.1 Å². The third-order valence-electron chi connectivity index (χ3n) is 6.86. The van der Waals surface area contributed by atoms with Crippen molar-refractivity contribution in [3.05, 3.63) is 164 Å². The van der Waals surface area contributed by atoms with Gasteiger partial charge in [0.25, 0.3) is 0 Å². The maximum Gasteiger partial charge on any atom is 0.154 e. The molecule has 0 aliphatic carbocycles. The van der Waals surface area contributed by atoms with E-state index in [9.17, 15) is 0 Å². The molecule has 4 heterocycles. The number of nitrogen functional groups attached to an aromatic ring is 1. The maximum absolute atomic E-state index is 8.65. The third-order valence-corrected chi connectivity index (χ3v) is 7.73. The van der Waals surface area contributed by atoms with Gasteiger partial charge in [0.15, 0.2) is 5.82 Å². The number of nitriles is 1. The van der Waals surface area contributed by atoms with Gasteiger partial charge in [0, 0.05) is 73.1 Å². The zero-order valence-electron chi connectivity index (χ0n) is 29.3. The first kappa shape index (κ1) is 38.9. The Labute approximate surface area is 327 Å². The van der Waals surface area contributed by atoms with Gasteiger partial charge in [-0.1, -0.05) is 0 Å². The third kappa shape index (κ3) is 13.7. The molecule has 15 heteroatoms. The predicted octanol–water partition coefficient (Wildman–Crippen LogP) is 10.2. The molecule has 4 aromatic heterocycles. The maximum atomic E-state index is 8.65. The zero-order valence-corrected chi connectivity index (χ0v) is 30.9. The number of thioether (sulfide) groups is 1. The van der Waals surface area contributed by atoms with Gasteiger partial charge in [-0.05, 0) is 115 Å². The summed E-state index contributed by atoms with van der Waals surface area (Å²) in [4.78, 5) is 11.8. The minimum absolute atomic E-state index is 0.519. The monoisotopic (exact) mass is 766 g/mol. The number of anilines is 4. The number of hydrogen-bond donors (Lipinski definition) is 4. The molecule has 3 aromatic carbocycles. The van der Waals surface area contributed by atoms with Crippen molar-refractivity contribution < 1.29 is 14.2 Å². The summed E-state index contributed by atoms with van der Waals surface area (Å²) in [5, 5.41) is 22.4. The van der Waals surface area contributed by atoms with Crippen LogP contribution in [0.25, 0.3) is 0 Å². The smallest absolute Gasteiger partial charge is 0.154 e. The molecule has 0 unspecified atom stereocenters. The summed E-state index contributed by atoms with van der Waals surface area (Å²) in [6, 6.07) is 36.9. The van der Waals surface area contributed by atoms with Gasteiger partial charge in [-0.15, -0.1) is 11.8 Å². The van der Waals surface area contributed by atoms with E-state index in [0.29, 0.717) is 11.6 Å². The summed E-state index contributed by atoms with van der Waals surface area (Å²) >= 11 is 6.05. The molecular formula is C40H34N10O3S2. The molecule has 0 saturated carbocycles. The molecule has 7 rings (SSSR count). The van der Waals surface area contributed by atoms with Crippen molar-refractivity contribution in [2.75, 3.05) is 22.6 Å². The zero-order chi connectivity index (χ0) is 38.5. The number of nitrogens with one attached hydrogen (secondary N) is 3. The topological polar surface area (TPSA) is 181 Å². The fraction of sp³-hybridized carbons (Fsp3) is 0.0250. The molecule has 0 fully saturated rings. The van der Waals surface area contributed by atoms with Gasteiger partial charge in [0.1, 0.15) is 40.3 Å². The van der Waals surface area contributed by atoms with E-state index in [1.165, 1.54) is 17.8 Å². The number of benzene rings is 3. The lowest BCUT2D eigenvalue weighted by molar-refractivity contribution is 0.481. The van der Waals surface area contributed by atoms with Crippen LogP contribution in [0.15, 0.2) is 168 Å². The second kappa shape index (κ2) is 21.3. The van der Waals surface area contributed by atoms with Crippen molar-refractivity contribution in [2.24, 2.45) is 4.36 Å². The molecule has 5 N–H and O–H groups in total. The van der Waals surface area contributed by atoms with Crippen molar-refractivity contribution in [2.45, 2.75) is 0 Å². The summed E-state index contributed by atoms with van der Waals surface area (Å²) in [7, 11) is 0. The van der Waals surface area contributed by atoms with E-state index in [4.69, 9.17) is 25.2 Å². The van der Waals surface area contributed by atoms with E-state index >= 15 is 0 Å². The summed E-state index contributed by atoms with van der Waals surface area (Å²) in [5.74, 6) is 5.70. The SMILES string of the molecule is CS/C(=C\C#N)Nc1ccc(Oc2ccncc2)cc1.Nc1cc(Nc2ccc(Oc3ccncc3)cc2)n[nH]1.S=Nc1ccc(Oc2ccncc2)cc1. The molecule has 0 atom stereocenters. The number of rotatable bonds is 12. The molecule has 13 nitrogen and oxygen atoms in total. The molecule has 0 aliphatic heterocycles. The second-order valence-electron chi connectivity index (χ2n) is 10.8. The molecule has 0 aliphatic rings. The average molecular weight is 767 g/mol. The van der Waals surface area contributed by atoms with Gasteiger partial charge in [0.05, 0.1) is 16.8 Å². The Balaban J connectivity index is 0.000000160. The van der Waals surface area contributed by atoms with Crippen molar-refractivity contribution in [3.63, 3.8) is 0 Å². The van der Waals surface area contributed by atoms with Gasteiger partial charge in [-0.2, -0.15) is 14.7 Å². The molecule has 274 valence electrons. The number of aromatic nitrogens is 5. The van der Waals surface area contributed by atoms with Crippen LogP contribution in [0.1, 0.15) is 0 Å². The van der Waals surface area contributed by atoms with E-state index in [1.54, 1.807) is 79.6 Å². The molecule has 0 bridgehead atoms. The van der Waals surface area contributed by atoms with Gasteiger partial charge in [0.2, 0.25) is 0 Å². The van der Waals surface area contributed by atoms with Crippen molar-refractivity contribution in [1.82, 2.24) is 25.1 Å². The van der Waals surface area contributed by atoms with Crippen molar-refractivity contribution >= 4 is 52.9 Å². The second-order valence-corrected chi connectivity index (χ2v) is 11.8. The number of pyridine rings is 3. The highest BCUT2D eigenvalue weighted by atomic mass is 32.2. The number of nitrogens with two attached hydrogens (primary N) is 1. The molecule has 0 saturated heterocycles. The van der Waals surface area contributed by atoms with E-state index in [-0.39, 0.29) is 0 Å². The standard InChI is InChI=1S/C15H13N3OS.C14H13N5O.C11H8N2OS/c1-20-15(6-9-16)18-12-2-4-13(5-3-12)19-14-7-10-17-11-8-14;15-13-9-14(19-18-13)17-10-1-3-11(4-2-10)20-12-5-7-16-8-6-12;15-13-9-1-3-10(4-2-9)14-11-5-7-12-8-6-11/h2-8,10-11,18H,1H3;1-9H,(H4,15,17,18,19);1-8H/b15-6-;;. The van der Waals surface area contributed by atoms with Crippen LogP contribution in [-0.4, -0.2) is 31.4 Å². The molecule has 0 radical (unpaired) electrons. The highest BCUT2D eigenvalue weighted by Crippen LogP contribution is 2.26. The van der Waals surface area contributed by atoms with Crippen LogP contribution >= 0.6 is 11.8 Å². The number of allylic oxidation sites excluding steroid dienone is 1. The lowest BCUT2D eigenvalue weighted by Crippen LogP contribution is -1.95. The van der Waals surface area contributed by atoms with Crippen molar-refractivity contribution in [1.29, 1.82) is 5.26 Å². The molecule has 0 amide bonds. The average Bonchev–Trinajstić information content (AvgIpc) is 3.65. The van der Waals surface area contributed by atoms with E-state index < -0.39 is 0 Å². The Bertz CT molecular complexity index is 2250. The highest BCUT2D eigenvalue weighted by molar-refractivity contribution is 8.02. The van der Waals surface area contributed by atoms with E-state index in [2.05, 4.69) is 52.6 Å². The van der Waals surface area contributed by atoms with Crippen LogP contribution < -0.4 is 30.6 Å². The van der Waals surface area contributed by atoms with Gasteiger partial charge < -0.3 is 30.6 Å². The minimum Gasteiger partial charge on any atom is -0.457 e. The quantitative estimate of drug-likeness (QED) is 0.0863. The fourth-order valence-electron chi connectivity index (χ4n) is 4.31. The number of H-pyrrole nitrogens is 1. The van der Waals surface area contributed by atoms with Crippen LogP contribution in [0.2, 0.25) is 0 Å². The predicted molar refractivity (Wildman–Crippen MR) is 219 cm³/mol. The number of hydrogen-bond acceptors (Lipinski definition) is 14. The Hall–Kier alpha value is -7.28. The Morgan fingerprint density at radius 1 is 0.691 bits per heavy atom. The first-order valence-corrected chi connectivity index (χ1v) is 17.9. The van der Waals surface area contributed by atoms with Crippen molar-refractivity contribution in [3.8, 4) is 40.6 Å². The van der Waals surface area contributed by atoms with Crippen LogP contribution in [0.4, 0.5) is 28.7 Å². The number of nitrogens with zero attached hydrogens (tertiary/aromatic N) is 6. The van der Waals surface area contributed by atoms with Crippen LogP contribution in [0.3, 0.4) is 0 Å². The van der Waals surface area contributed by atoms with E-state index in [0.717, 1.165) is 56.6 Å². The molecule has 7 aromatic rings. The number of aromatic amines is 1. The number of ether oxygens (including phenoxy) is 3. The minimum atomic E-state index is 0.519. The fourth-order valence-corrected chi connectivity index (χ4v) is 4.82. The van der Waals surface area contributed by atoms with Gasteiger partial charge >= 0.3 is 0 Å².